The quantitative estimate of drug-likeness (QED) is 0.739. The Balaban J connectivity index is 1.74. The van der Waals surface area contributed by atoms with Gasteiger partial charge in [0.25, 0.3) is 0 Å². The Hall–Kier alpha value is -2.74. The summed E-state index contributed by atoms with van der Waals surface area (Å²) in [6, 6.07) is 1.71. The maximum absolute atomic E-state index is 13.2. The molecular weight excluding hydrogens is 361 g/mol. The van der Waals surface area contributed by atoms with E-state index in [2.05, 4.69) is 27.2 Å². The summed E-state index contributed by atoms with van der Waals surface area (Å²) in [7, 11) is 0. The minimum atomic E-state index is -1.06. The van der Waals surface area contributed by atoms with Crippen LogP contribution >= 0.6 is 0 Å². The van der Waals surface area contributed by atoms with E-state index in [1.54, 1.807) is 24.4 Å². The summed E-state index contributed by atoms with van der Waals surface area (Å²) in [5.74, 6) is 0.231. The van der Waals surface area contributed by atoms with Gasteiger partial charge in [-0.3, -0.25) is 9.36 Å². The van der Waals surface area contributed by atoms with Crippen molar-refractivity contribution in [2.75, 3.05) is 17.2 Å². The van der Waals surface area contributed by atoms with Crippen LogP contribution in [0.25, 0.3) is 11.2 Å². The van der Waals surface area contributed by atoms with Crippen LogP contribution in [0.15, 0.2) is 31.0 Å². The summed E-state index contributed by atoms with van der Waals surface area (Å²) >= 11 is 0. The molecule has 1 unspecified atom stereocenters. The highest BCUT2D eigenvalue weighted by Gasteiger charge is 2.43. The number of allylic oxidation sites excluding steroid dienone is 2. The van der Waals surface area contributed by atoms with Crippen molar-refractivity contribution in [2.45, 2.75) is 45.0 Å². The van der Waals surface area contributed by atoms with E-state index in [0.717, 1.165) is 25.1 Å². The minimum absolute atomic E-state index is 0.132. The molecule has 1 amide bonds. The summed E-state index contributed by atoms with van der Waals surface area (Å²) in [5, 5.41) is 5.91. The third-order valence-electron chi connectivity index (χ3n) is 5.04. The summed E-state index contributed by atoms with van der Waals surface area (Å²) < 4.78 is 21.1. The molecule has 0 aromatic carbocycles. The molecule has 1 saturated heterocycles. The molecule has 4 rings (SSSR count). The maximum Gasteiger partial charge on any atom is 0.231 e. The largest absolute Gasteiger partial charge is 0.360 e. The molecule has 7 nitrogen and oxygen atoms in total. The first-order valence-corrected chi connectivity index (χ1v) is 9.58. The van der Waals surface area contributed by atoms with Gasteiger partial charge in [0.2, 0.25) is 5.91 Å². The van der Waals surface area contributed by atoms with Crippen molar-refractivity contribution in [1.82, 2.24) is 14.5 Å². The summed E-state index contributed by atoms with van der Waals surface area (Å²) in [5.41, 5.74) is 2.01. The molecule has 3 atom stereocenters. The number of amides is 1. The highest BCUT2D eigenvalue weighted by Crippen LogP contribution is 2.36. The van der Waals surface area contributed by atoms with Gasteiger partial charge in [-0.25, -0.2) is 14.4 Å². The Kier molecular flexibility index (Phi) is 5.13. The molecule has 2 N–H and O–H groups in total. The Bertz CT molecular complexity index is 932. The zero-order valence-electron chi connectivity index (χ0n) is 15.8. The number of hydrogen-bond acceptors (Lipinski definition) is 5. The minimum Gasteiger partial charge on any atom is -0.360 e. The molecule has 148 valence electrons. The van der Waals surface area contributed by atoms with Gasteiger partial charge in [0, 0.05) is 18.9 Å². The first kappa shape index (κ1) is 18.6. The van der Waals surface area contributed by atoms with Gasteiger partial charge < -0.3 is 15.4 Å². The number of carbonyl (C=O) groups is 1. The van der Waals surface area contributed by atoms with E-state index in [9.17, 15) is 9.18 Å². The number of halogens is 1. The molecular formula is C20H24FN5O2. The lowest BCUT2D eigenvalue weighted by molar-refractivity contribution is -0.117. The van der Waals surface area contributed by atoms with Crippen LogP contribution in [0, 0.1) is 12.8 Å². The fourth-order valence-electron chi connectivity index (χ4n) is 3.48. The van der Waals surface area contributed by atoms with Gasteiger partial charge in [0.05, 0.1) is 11.6 Å². The number of nitrogens with zero attached hydrogens (tertiary/aromatic N) is 3. The van der Waals surface area contributed by atoms with E-state index in [1.807, 2.05) is 11.5 Å². The molecule has 1 saturated carbocycles. The lowest BCUT2D eigenvalue weighted by Crippen LogP contribution is -2.20. The first-order chi connectivity index (χ1) is 13.6. The van der Waals surface area contributed by atoms with E-state index < -0.39 is 12.1 Å². The number of nitrogens with one attached hydrogen (secondary N) is 2. The predicted octanol–water partition coefficient (Wildman–Crippen LogP) is 3.85. The van der Waals surface area contributed by atoms with Gasteiger partial charge in [-0.2, -0.15) is 0 Å². The second-order valence-electron chi connectivity index (χ2n) is 7.16. The van der Waals surface area contributed by atoms with Crippen LogP contribution in [-0.4, -0.2) is 33.2 Å². The van der Waals surface area contributed by atoms with Crippen molar-refractivity contribution < 1.29 is 13.9 Å². The van der Waals surface area contributed by atoms with Crippen molar-refractivity contribution in [3.63, 3.8) is 0 Å². The van der Waals surface area contributed by atoms with Crippen molar-refractivity contribution in [2.24, 2.45) is 5.92 Å². The number of ether oxygens (including phenoxy) is 1. The number of fused-ring (bicyclic) bond motifs is 1. The summed E-state index contributed by atoms with van der Waals surface area (Å²) in [4.78, 5) is 21.5. The van der Waals surface area contributed by atoms with E-state index in [-0.39, 0.29) is 18.6 Å². The normalized spacial score (nSPS) is 24.4. The van der Waals surface area contributed by atoms with Gasteiger partial charge in [0.15, 0.2) is 5.65 Å². The highest BCUT2D eigenvalue weighted by atomic mass is 19.1. The Morgan fingerprint density at radius 1 is 1.43 bits per heavy atom. The van der Waals surface area contributed by atoms with Gasteiger partial charge >= 0.3 is 0 Å². The molecule has 2 fully saturated rings. The third kappa shape index (κ3) is 3.64. The highest BCUT2D eigenvalue weighted by molar-refractivity contribution is 5.97. The van der Waals surface area contributed by atoms with Crippen LogP contribution in [0.1, 0.15) is 37.7 Å². The summed E-state index contributed by atoms with van der Waals surface area (Å²) in [6.07, 6.45) is 7.24. The monoisotopic (exact) mass is 385 g/mol. The van der Waals surface area contributed by atoms with Gasteiger partial charge in [-0.05, 0) is 38.7 Å². The average Bonchev–Trinajstić information content (AvgIpc) is 3.32. The zero-order chi connectivity index (χ0) is 19.7. The molecule has 3 heterocycles. The molecule has 28 heavy (non-hydrogen) atoms. The van der Waals surface area contributed by atoms with E-state index in [0.29, 0.717) is 29.3 Å². The lowest BCUT2D eigenvalue weighted by atomic mass is 10.2. The van der Waals surface area contributed by atoms with Gasteiger partial charge in [-0.15, -0.1) is 0 Å². The second-order valence-corrected chi connectivity index (χ2v) is 7.16. The number of rotatable bonds is 6. The average molecular weight is 385 g/mol. The van der Waals surface area contributed by atoms with Crippen LogP contribution in [0.5, 0.6) is 0 Å². The number of hydrogen-bond donors (Lipinski definition) is 2. The van der Waals surface area contributed by atoms with Crippen LogP contribution in [0.4, 0.5) is 15.9 Å². The predicted molar refractivity (Wildman–Crippen MR) is 106 cm³/mol. The second kappa shape index (κ2) is 7.71. The molecule has 2 aromatic heterocycles. The van der Waals surface area contributed by atoms with Crippen molar-refractivity contribution >= 4 is 28.6 Å². The molecule has 8 heteroatoms. The number of pyridine rings is 1. The SMILES string of the molecule is C=C/C=C/Nc1cc(NC(=O)[C@@H]2C[C@@H]2F)nc2c1nc(C)n2C1CCCCO1. The van der Waals surface area contributed by atoms with Gasteiger partial charge in [-0.1, -0.05) is 12.7 Å². The van der Waals surface area contributed by atoms with Crippen molar-refractivity contribution in [3.05, 3.63) is 36.8 Å². The van der Waals surface area contributed by atoms with E-state index in [1.165, 1.54) is 0 Å². The van der Waals surface area contributed by atoms with E-state index >= 15 is 0 Å². The van der Waals surface area contributed by atoms with Crippen LogP contribution in [-0.2, 0) is 9.53 Å². The molecule has 1 aliphatic heterocycles. The first-order valence-electron chi connectivity index (χ1n) is 9.58. The zero-order valence-corrected chi connectivity index (χ0v) is 15.8. The molecule has 0 radical (unpaired) electrons. The van der Waals surface area contributed by atoms with Crippen LogP contribution in [0.2, 0.25) is 0 Å². The topological polar surface area (TPSA) is 81.1 Å². The number of anilines is 2. The fraction of sp³-hybridized carbons (Fsp3) is 0.450. The Morgan fingerprint density at radius 2 is 2.25 bits per heavy atom. The Labute approximate surface area is 162 Å². The molecule has 0 spiro atoms. The number of aryl methyl sites for hydroxylation is 1. The number of imidazole rings is 1. The number of aromatic nitrogens is 3. The lowest BCUT2D eigenvalue weighted by Gasteiger charge is -2.25. The number of carbonyl (C=O) groups excluding carboxylic acids is 1. The Morgan fingerprint density at radius 3 is 2.93 bits per heavy atom. The van der Waals surface area contributed by atoms with Crippen molar-refractivity contribution in [1.29, 1.82) is 0 Å². The molecule has 0 bridgehead atoms. The van der Waals surface area contributed by atoms with E-state index in [4.69, 9.17) is 4.74 Å². The summed E-state index contributed by atoms with van der Waals surface area (Å²) in [6.45, 7) is 6.27. The molecule has 2 aromatic rings. The van der Waals surface area contributed by atoms with Crippen LogP contribution < -0.4 is 10.6 Å². The van der Waals surface area contributed by atoms with Gasteiger partial charge in [0.1, 0.15) is 29.6 Å². The fourth-order valence-corrected chi connectivity index (χ4v) is 3.48. The number of alkyl halides is 1. The third-order valence-corrected chi connectivity index (χ3v) is 5.04. The molecule has 1 aliphatic carbocycles. The van der Waals surface area contributed by atoms with Crippen LogP contribution in [0.3, 0.4) is 0 Å². The smallest absolute Gasteiger partial charge is 0.231 e. The van der Waals surface area contributed by atoms with Crippen molar-refractivity contribution in [3.8, 4) is 0 Å². The standard InChI is InChI=1S/C20H24FN5O2/c1-3-4-8-22-15-11-16(25-20(27)13-10-14(13)21)24-19-18(15)23-12(2)26(19)17-7-5-6-9-28-17/h3-4,8,11,13-14,17H,1,5-7,9-10H2,2H3,(H2,22,24,25,27)/b8-4+/t13-,14+,17?/m1/s1. The molecule has 2 aliphatic rings. The maximum atomic E-state index is 13.2.